The number of nitrogens with one attached hydrogen (secondary N) is 1. The van der Waals surface area contributed by atoms with Crippen LogP contribution in [0.5, 0.6) is 0 Å². The molecule has 0 saturated carbocycles. The number of nitrogens with zero attached hydrogens (tertiary/aromatic N) is 4. The van der Waals surface area contributed by atoms with E-state index in [4.69, 9.17) is 4.74 Å². The number of halogens is 4. The molecule has 2 aromatic heterocycles. The molecule has 0 bridgehead atoms. The van der Waals surface area contributed by atoms with E-state index in [0.29, 0.717) is 41.0 Å². The Balaban J connectivity index is 1.62. The molecule has 3 heterocycles. The van der Waals surface area contributed by atoms with Crippen LogP contribution < -0.4 is 5.32 Å². The van der Waals surface area contributed by atoms with Crippen LogP contribution >= 0.6 is 15.9 Å². The van der Waals surface area contributed by atoms with Crippen molar-refractivity contribution in [3.8, 4) is 0 Å². The molecular formula is C22H23BrF3N5O2. The predicted octanol–water partition coefficient (Wildman–Crippen LogP) is 4.41. The van der Waals surface area contributed by atoms with Crippen molar-refractivity contribution in [1.29, 1.82) is 0 Å². The van der Waals surface area contributed by atoms with Crippen LogP contribution in [0.25, 0.3) is 10.9 Å². The molecule has 1 fully saturated rings. The Bertz CT molecular complexity index is 1190. The standard InChI is InChI=1S/C22H23BrF3N5O2/c1-13-20(14(2)31(29-13)6-5-30-7-9-33-10-8-30)28-21(32)17-12-19(22(24,25)26)27-18-4-3-15(23)11-16(17)18/h3-4,11-12H,5-10H2,1-2H3,(H,28,32). The van der Waals surface area contributed by atoms with Crippen LogP contribution in [-0.4, -0.2) is 58.4 Å². The molecule has 7 nitrogen and oxygen atoms in total. The van der Waals surface area contributed by atoms with Crippen LogP contribution in [0.2, 0.25) is 0 Å². The smallest absolute Gasteiger partial charge is 0.379 e. The van der Waals surface area contributed by atoms with Crippen molar-refractivity contribution in [2.75, 3.05) is 38.2 Å². The van der Waals surface area contributed by atoms with Crippen molar-refractivity contribution in [3.05, 3.63) is 51.4 Å². The number of hydrogen-bond donors (Lipinski definition) is 1. The highest BCUT2D eigenvalue weighted by atomic mass is 79.9. The summed E-state index contributed by atoms with van der Waals surface area (Å²) in [6, 6.07) is 5.41. The quantitative estimate of drug-likeness (QED) is 0.534. The zero-order valence-electron chi connectivity index (χ0n) is 18.2. The zero-order chi connectivity index (χ0) is 23.8. The lowest BCUT2D eigenvalue weighted by Gasteiger charge is -2.26. The minimum absolute atomic E-state index is 0.0906. The van der Waals surface area contributed by atoms with Crippen LogP contribution in [0.4, 0.5) is 18.9 Å². The highest BCUT2D eigenvalue weighted by molar-refractivity contribution is 9.10. The number of carbonyl (C=O) groups excluding carboxylic acids is 1. The maximum absolute atomic E-state index is 13.4. The fraction of sp³-hybridized carbons (Fsp3) is 0.409. The lowest BCUT2D eigenvalue weighted by atomic mass is 10.1. The Hall–Kier alpha value is -2.50. The topological polar surface area (TPSA) is 72.3 Å². The van der Waals surface area contributed by atoms with Crippen LogP contribution in [0, 0.1) is 13.8 Å². The van der Waals surface area contributed by atoms with Crippen molar-refractivity contribution in [2.45, 2.75) is 26.6 Å². The van der Waals surface area contributed by atoms with Crippen molar-refractivity contribution >= 4 is 38.4 Å². The number of alkyl halides is 3. The fourth-order valence-corrected chi connectivity index (χ4v) is 4.23. The third-order valence-electron chi connectivity index (χ3n) is 5.66. The molecule has 1 aliphatic rings. The molecule has 1 N–H and O–H groups in total. The summed E-state index contributed by atoms with van der Waals surface area (Å²) in [5.74, 6) is -0.648. The molecule has 4 rings (SSSR count). The van der Waals surface area contributed by atoms with Crippen molar-refractivity contribution in [3.63, 3.8) is 0 Å². The van der Waals surface area contributed by atoms with Gasteiger partial charge >= 0.3 is 6.18 Å². The molecule has 1 aromatic carbocycles. The van der Waals surface area contributed by atoms with E-state index in [0.717, 1.165) is 31.4 Å². The molecule has 0 radical (unpaired) electrons. The number of morpholine rings is 1. The zero-order valence-corrected chi connectivity index (χ0v) is 19.8. The lowest BCUT2D eigenvalue weighted by molar-refractivity contribution is -0.140. The molecule has 33 heavy (non-hydrogen) atoms. The lowest BCUT2D eigenvalue weighted by Crippen LogP contribution is -2.38. The molecule has 1 aliphatic heterocycles. The number of anilines is 1. The van der Waals surface area contributed by atoms with Crippen LogP contribution in [-0.2, 0) is 17.5 Å². The SMILES string of the molecule is Cc1nn(CCN2CCOCC2)c(C)c1NC(=O)c1cc(C(F)(F)F)nc2ccc(Br)cc12. The Kier molecular flexibility index (Phi) is 6.73. The summed E-state index contributed by atoms with van der Waals surface area (Å²) < 4.78 is 48.0. The molecule has 0 unspecified atom stereocenters. The number of pyridine rings is 1. The average molecular weight is 526 g/mol. The summed E-state index contributed by atoms with van der Waals surface area (Å²) >= 11 is 3.31. The van der Waals surface area contributed by atoms with Gasteiger partial charge in [0.05, 0.1) is 47.9 Å². The van der Waals surface area contributed by atoms with Gasteiger partial charge in [-0.2, -0.15) is 18.3 Å². The number of rotatable bonds is 5. The number of amides is 1. The maximum atomic E-state index is 13.4. The third-order valence-corrected chi connectivity index (χ3v) is 6.15. The van der Waals surface area contributed by atoms with Gasteiger partial charge in [0.15, 0.2) is 0 Å². The number of ether oxygens (including phenoxy) is 1. The number of aromatic nitrogens is 3. The van der Waals surface area contributed by atoms with Gasteiger partial charge in [-0.25, -0.2) is 4.98 Å². The van der Waals surface area contributed by atoms with Crippen molar-refractivity contribution in [2.24, 2.45) is 0 Å². The van der Waals surface area contributed by atoms with Gasteiger partial charge in [-0.1, -0.05) is 15.9 Å². The van der Waals surface area contributed by atoms with Gasteiger partial charge in [0.2, 0.25) is 0 Å². The Morgan fingerprint density at radius 1 is 1.18 bits per heavy atom. The van der Waals surface area contributed by atoms with E-state index in [-0.39, 0.29) is 11.1 Å². The molecule has 0 aliphatic carbocycles. The molecular weight excluding hydrogens is 503 g/mol. The van der Waals surface area contributed by atoms with Crippen LogP contribution in [0.15, 0.2) is 28.7 Å². The largest absolute Gasteiger partial charge is 0.433 e. The molecule has 1 amide bonds. The van der Waals surface area contributed by atoms with E-state index in [9.17, 15) is 18.0 Å². The second kappa shape index (κ2) is 9.40. The molecule has 3 aromatic rings. The summed E-state index contributed by atoms with van der Waals surface area (Å²) in [6.45, 7) is 8.13. The van der Waals surface area contributed by atoms with Gasteiger partial charge in [0.25, 0.3) is 5.91 Å². The first-order valence-electron chi connectivity index (χ1n) is 10.5. The minimum Gasteiger partial charge on any atom is -0.379 e. The van der Waals surface area contributed by atoms with E-state index >= 15 is 0 Å². The van der Waals surface area contributed by atoms with Gasteiger partial charge in [-0.05, 0) is 38.1 Å². The summed E-state index contributed by atoms with van der Waals surface area (Å²) in [7, 11) is 0. The monoisotopic (exact) mass is 525 g/mol. The molecule has 1 saturated heterocycles. The first-order valence-corrected chi connectivity index (χ1v) is 11.3. The number of benzene rings is 1. The maximum Gasteiger partial charge on any atom is 0.433 e. The van der Waals surface area contributed by atoms with Gasteiger partial charge < -0.3 is 10.1 Å². The Morgan fingerprint density at radius 3 is 2.61 bits per heavy atom. The Morgan fingerprint density at radius 2 is 1.91 bits per heavy atom. The highest BCUT2D eigenvalue weighted by Crippen LogP contribution is 2.32. The summed E-state index contributed by atoms with van der Waals surface area (Å²) in [6.07, 6.45) is -4.67. The average Bonchev–Trinajstić information content (AvgIpc) is 3.04. The van der Waals surface area contributed by atoms with Gasteiger partial charge in [-0.3, -0.25) is 14.4 Å². The van der Waals surface area contributed by atoms with Gasteiger partial charge in [0.1, 0.15) is 5.69 Å². The minimum atomic E-state index is -4.67. The van der Waals surface area contributed by atoms with E-state index in [1.165, 1.54) is 6.07 Å². The Labute approximate surface area is 197 Å². The van der Waals surface area contributed by atoms with E-state index in [1.807, 2.05) is 11.6 Å². The number of fused-ring (bicyclic) bond motifs is 1. The van der Waals surface area contributed by atoms with E-state index in [1.54, 1.807) is 19.1 Å². The van der Waals surface area contributed by atoms with E-state index < -0.39 is 17.8 Å². The fourth-order valence-electron chi connectivity index (χ4n) is 3.87. The van der Waals surface area contributed by atoms with Crippen LogP contribution in [0.3, 0.4) is 0 Å². The molecule has 0 spiro atoms. The molecule has 11 heteroatoms. The normalized spacial score (nSPS) is 15.2. The first-order chi connectivity index (χ1) is 15.6. The van der Waals surface area contributed by atoms with E-state index in [2.05, 4.69) is 36.2 Å². The predicted molar refractivity (Wildman–Crippen MR) is 121 cm³/mol. The molecule has 0 atom stereocenters. The number of hydrogen-bond acceptors (Lipinski definition) is 5. The second-order valence-electron chi connectivity index (χ2n) is 7.89. The second-order valence-corrected chi connectivity index (χ2v) is 8.81. The van der Waals surface area contributed by atoms with Gasteiger partial charge in [0, 0.05) is 29.5 Å². The summed E-state index contributed by atoms with van der Waals surface area (Å²) in [4.78, 5) is 19.1. The third kappa shape index (κ3) is 5.20. The van der Waals surface area contributed by atoms with Crippen molar-refractivity contribution in [1.82, 2.24) is 19.7 Å². The first kappa shape index (κ1) is 23.7. The van der Waals surface area contributed by atoms with Crippen molar-refractivity contribution < 1.29 is 22.7 Å². The van der Waals surface area contributed by atoms with Gasteiger partial charge in [-0.15, -0.1) is 0 Å². The number of aryl methyl sites for hydroxylation is 1. The number of carbonyl (C=O) groups is 1. The van der Waals surface area contributed by atoms with Crippen LogP contribution in [0.1, 0.15) is 27.4 Å². The summed E-state index contributed by atoms with van der Waals surface area (Å²) in [5.41, 5.74) is 0.706. The highest BCUT2D eigenvalue weighted by Gasteiger charge is 2.34. The summed E-state index contributed by atoms with van der Waals surface area (Å²) in [5, 5.41) is 7.62. The molecule has 176 valence electrons.